The maximum absolute atomic E-state index is 12.7. The average molecular weight is 340 g/mol. The number of aromatic amines is 1. The van der Waals surface area contributed by atoms with Gasteiger partial charge in [0.1, 0.15) is 17.0 Å². The van der Waals surface area contributed by atoms with Gasteiger partial charge in [-0.2, -0.15) is 13.2 Å². The largest absolute Gasteiger partial charge is 0.485 e. The van der Waals surface area contributed by atoms with Gasteiger partial charge in [-0.15, -0.1) is 0 Å². The molecule has 0 spiro atoms. The van der Waals surface area contributed by atoms with E-state index >= 15 is 0 Å². The number of nitrogens with one attached hydrogen (secondary N) is 1. The molecule has 0 saturated carbocycles. The van der Waals surface area contributed by atoms with Crippen molar-refractivity contribution >= 4 is 0 Å². The molecule has 0 bridgehead atoms. The fraction of sp³-hybridized carbons (Fsp3) is 0.375. The lowest BCUT2D eigenvalue weighted by molar-refractivity contribution is -0.141. The molecule has 0 unspecified atom stereocenters. The van der Waals surface area contributed by atoms with Crippen molar-refractivity contribution in [2.24, 2.45) is 0 Å². The summed E-state index contributed by atoms with van der Waals surface area (Å²) in [5.74, 6) is 0.354. The van der Waals surface area contributed by atoms with Crippen LogP contribution in [-0.2, 0) is 12.6 Å². The van der Waals surface area contributed by atoms with E-state index in [0.717, 1.165) is 11.1 Å². The molecular weight excluding hydrogens is 325 g/mol. The van der Waals surface area contributed by atoms with E-state index < -0.39 is 28.7 Å². The molecular formula is C16H15F3N2O3. The first-order chi connectivity index (χ1) is 11.0. The molecule has 5 nitrogen and oxygen atoms in total. The van der Waals surface area contributed by atoms with Crippen molar-refractivity contribution in [1.82, 2.24) is 9.55 Å². The average Bonchev–Trinajstić information content (AvgIpc) is 2.76. The highest BCUT2D eigenvalue weighted by Crippen LogP contribution is 2.40. The van der Waals surface area contributed by atoms with Crippen LogP contribution in [0.4, 0.5) is 13.2 Å². The summed E-state index contributed by atoms with van der Waals surface area (Å²) in [4.78, 5) is 26.0. The molecule has 24 heavy (non-hydrogen) atoms. The maximum atomic E-state index is 12.7. The molecule has 3 rings (SSSR count). The minimum absolute atomic E-state index is 0.140. The van der Waals surface area contributed by atoms with Crippen LogP contribution in [0.1, 0.15) is 30.7 Å². The lowest BCUT2D eigenvalue weighted by Gasteiger charge is -2.18. The summed E-state index contributed by atoms with van der Waals surface area (Å²) in [6, 6.07) is 3.58. The van der Waals surface area contributed by atoms with E-state index in [2.05, 4.69) is 0 Å². The molecule has 0 aliphatic carbocycles. The highest BCUT2D eigenvalue weighted by molar-refractivity contribution is 5.57. The number of fused-ring (bicyclic) bond motifs is 1. The lowest BCUT2D eigenvalue weighted by Crippen LogP contribution is -2.36. The van der Waals surface area contributed by atoms with Crippen LogP contribution in [0.15, 0.2) is 27.8 Å². The van der Waals surface area contributed by atoms with E-state index in [0.29, 0.717) is 22.8 Å². The molecule has 0 amide bonds. The highest BCUT2D eigenvalue weighted by Gasteiger charge is 2.36. The summed E-state index contributed by atoms with van der Waals surface area (Å²) in [7, 11) is 0. The zero-order chi connectivity index (χ0) is 17.9. The van der Waals surface area contributed by atoms with Crippen LogP contribution in [-0.4, -0.2) is 15.2 Å². The number of hydrogen-bond acceptors (Lipinski definition) is 3. The van der Waals surface area contributed by atoms with E-state index in [1.54, 1.807) is 11.1 Å². The standard InChI is InChI=1S/C16H15F3N2O3/c1-8-4-5-10(13-9(8)7-15(2,3)24-13)21-12(22)6-11(16(17,18)19)20-14(21)23/h4-6H,7H2,1-3H3,(H,20,23). The second kappa shape index (κ2) is 4.99. The first-order valence-corrected chi connectivity index (χ1v) is 7.25. The summed E-state index contributed by atoms with van der Waals surface area (Å²) in [5.41, 5.74) is -2.22. The first-order valence-electron chi connectivity index (χ1n) is 7.25. The van der Waals surface area contributed by atoms with Gasteiger partial charge in [0.25, 0.3) is 5.56 Å². The van der Waals surface area contributed by atoms with Crippen molar-refractivity contribution in [3.8, 4) is 11.4 Å². The van der Waals surface area contributed by atoms with Crippen molar-refractivity contribution in [2.45, 2.75) is 39.0 Å². The number of rotatable bonds is 1. The number of aromatic nitrogens is 2. The molecule has 2 aromatic rings. The second-order valence-electron chi connectivity index (χ2n) is 6.41. The van der Waals surface area contributed by atoms with Crippen molar-refractivity contribution in [1.29, 1.82) is 0 Å². The van der Waals surface area contributed by atoms with Crippen LogP contribution in [0, 0.1) is 6.92 Å². The molecule has 128 valence electrons. The highest BCUT2D eigenvalue weighted by atomic mass is 19.4. The second-order valence-corrected chi connectivity index (χ2v) is 6.41. The summed E-state index contributed by atoms with van der Waals surface area (Å²) in [6.07, 6.45) is -4.22. The van der Waals surface area contributed by atoms with Gasteiger partial charge in [0.05, 0.1) is 5.69 Å². The third kappa shape index (κ3) is 2.61. The number of nitrogens with zero attached hydrogens (tertiary/aromatic N) is 1. The number of benzene rings is 1. The Hall–Kier alpha value is -2.51. The number of H-pyrrole nitrogens is 1. The van der Waals surface area contributed by atoms with Gasteiger partial charge in [-0.05, 0) is 32.4 Å². The third-order valence-corrected chi connectivity index (χ3v) is 3.93. The van der Waals surface area contributed by atoms with Crippen LogP contribution in [0.25, 0.3) is 5.69 Å². The van der Waals surface area contributed by atoms with Crippen molar-refractivity contribution in [2.75, 3.05) is 0 Å². The Labute approximate surface area is 134 Å². The summed E-state index contributed by atoms with van der Waals surface area (Å²) < 4.78 is 44.6. The predicted molar refractivity (Wildman–Crippen MR) is 80.8 cm³/mol. The Bertz CT molecular complexity index is 908. The first kappa shape index (κ1) is 16.4. The third-order valence-electron chi connectivity index (χ3n) is 3.93. The van der Waals surface area contributed by atoms with Gasteiger partial charge in [0.2, 0.25) is 0 Å². The quantitative estimate of drug-likeness (QED) is 0.868. The Morgan fingerprint density at radius 1 is 1.25 bits per heavy atom. The van der Waals surface area contributed by atoms with Crippen molar-refractivity contribution in [3.63, 3.8) is 0 Å². The summed E-state index contributed by atoms with van der Waals surface area (Å²) in [5, 5.41) is 0. The van der Waals surface area contributed by atoms with E-state index in [4.69, 9.17) is 4.74 Å². The SMILES string of the molecule is Cc1ccc(-n2c(=O)cc(C(F)(F)F)[nH]c2=O)c2c1CC(C)(C)O2. The van der Waals surface area contributed by atoms with Gasteiger partial charge in [-0.25, -0.2) is 9.36 Å². The Balaban J connectivity index is 2.25. The van der Waals surface area contributed by atoms with Crippen LogP contribution in [0.2, 0.25) is 0 Å². The van der Waals surface area contributed by atoms with Gasteiger partial charge in [-0.1, -0.05) is 6.07 Å². The molecule has 8 heteroatoms. The van der Waals surface area contributed by atoms with Crippen LogP contribution in [0.3, 0.4) is 0 Å². The minimum atomic E-state index is -4.80. The predicted octanol–water partition coefficient (Wildman–Crippen LogP) is 2.57. The molecule has 1 N–H and O–H groups in total. The molecule has 1 aromatic carbocycles. The van der Waals surface area contributed by atoms with Gasteiger partial charge in [0.15, 0.2) is 0 Å². The van der Waals surface area contributed by atoms with Crippen LogP contribution >= 0.6 is 0 Å². The lowest BCUT2D eigenvalue weighted by atomic mass is 9.97. The number of aryl methyl sites for hydroxylation is 1. The number of halogens is 3. The molecule has 0 fully saturated rings. The van der Waals surface area contributed by atoms with Gasteiger partial charge in [0, 0.05) is 18.1 Å². The minimum Gasteiger partial charge on any atom is -0.485 e. The molecule has 1 aliphatic heterocycles. The van der Waals surface area contributed by atoms with E-state index in [1.807, 2.05) is 20.8 Å². The van der Waals surface area contributed by atoms with Gasteiger partial charge >= 0.3 is 11.9 Å². The van der Waals surface area contributed by atoms with E-state index in [9.17, 15) is 22.8 Å². The number of alkyl halides is 3. The Kier molecular flexibility index (Phi) is 3.40. The number of hydrogen-bond donors (Lipinski definition) is 1. The van der Waals surface area contributed by atoms with E-state index in [1.165, 1.54) is 6.07 Å². The topological polar surface area (TPSA) is 64.1 Å². The molecule has 1 aromatic heterocycles. The molecule has 0 saturated heterocycles. The maximum Gasteiger partial charge on any atom is 0.431 e. The molecule has 0 radical (unpaired) electrons. The smallest absolute Gasteiger partial charge is 0.431 e. The summed E-state index contributed by atoms with van der Waals surface area (Å²) >= 11 is 0. The molecule has 0 atom stereocenters. The van der Waals surface area contributed by atoms with E-state index in [-0.39, 0.29) is 5.69 Å². The van der Waals surface area contributed by atoms with Crippen LogP contribution < -0.4 is 16.0 Å². The Morgan fingerprint density at radius 2 is 1.92 bits per heavy atom. The Morgan fingerprint density at radius 3 is 2.50 bits per heavy atom. The van der Waals surface area contributed by atoms with Gasteiger partial charge in [-0.3, -0.25) is 4.79 Å². The van der Waals surface area contributed by atoms with Gasteiger partial charge < -0.3 is 9.72 Å². The number of ether oxygens (including phenoxy) is 1. The summed E-state index contributed by atoms with van der Waals surface area (Å²) in [6.45, 7) is 5.58. The monoisotopic (exact) mass is 340 g/mol. The van der Waals surface area contributed by atoms with Crippen LogP contribution in [0.5, 0.6) is 5.75 Å². The molecule has 2 heterocycles. The van der Waals surface area contributed by atoms with Crippen molar-refractivity contribution < 1.29 is 17.9 Å². The fourth-order valence-electron chi connectivity index (χ4n) is 2.84. The zero-order valence-corrected chi connectivity index (χ0v) is 13.2. The normalized spacial score (nSPS) is 15.9. The van der Waals surface area contributed by atoms with Crippen molar-refractivity contribution in [3.05, 3.63) is 55.9 Å². The fourth-order valence-corrected chi connectivity index (χ4v) is 2.84. The molecule has 1 aliphatic rings. The zero-order valence-electron chi connectivity index (χ0n) is 13.2.